The first kappa shape index (κ1) is 43.3. The fraction of sp³-hybridized carbons (Fsp3) is 0.611. The quantitative estimate of drug-likeness (QED) is 0.407. The second-order valence-electron chi connectivity index (χ2n) is 15.9. The first-order valence-electron chi connectivity index (χ1n) is 15.0. The topological polar surface area (TPSA) is 191 Å². The minimum atomic E-state index is -0.179. The Morgan fingerprint density at radius 3 is 1.07 bits per heavy atom. The molecule has 252 valence electrons. The third-order valence-electron chi connectivity index (χ3n) is 8.13. The molecule has 2 unspecified atom stereocenters. The van der Waals surface area contributed by atoms with Crippen LogP contribution in [0.15, 0.2) is 34.3 Å². The van der Waals surface area contributed by atoms with Crippen molar-refractivity contribution in [1.82, 2.24) is 0 Å². The molecule has 1 fully saturated rings. The highest BCUT2D eigenvalue weighted by Gasteiger charge is 2.28. The van der Waals surface area contributed by atoms with E-state index in [4.69, 9.17) is 9.98 Å². The van der Waals surface area contributed by atoms with Gasteiger partial charge in [-0.3, -0.25) is 9.98 Å². The van der Waals surface area contributed by atoms with Crippen molar-refractivity contribution in [2.45, 2.75) is 143 Å². The largest absolute Gasteiger partial charge is 0.507 e. The van der Waals surface area contributed by atoms with Gasteiger partial charge in [0.15, 0.2) is 0 Å². The van der Waals surface area contributed by atoms with Crippen molar-refractivity contribution in [1.29, 1.82) is 0 Å². The monoisotopic (exact) mass is 618 g/mol. The molecular weight excluding hydrogens is 556 g/mol. The maximum atomic E-state index is 11.2. The molecule has 0 heterocycles. The van der Waals surface area contributed by atoms with Gasteiger partial charge in [0.05, 0.1) is 12.1 Å². The molecule has 1 saturated carbocycles. The summed E-state index contributed by atoms with van der Waals surface area (Å²) >= 11 is 0. The lowest BCUT2D eigenvalue weighted by Crippen LogP contribution is -2.27. The van der Waals surface area contributed by atoms with Gasteiger partial charge in [0.2, 0.25) is 0 Å². The highest BCUT2D eigenvalue weighted by Crippen LogP contribution is 2.39. The zero-order chi connectivity index (χ0) is 30.3. The zero-order valence-electron chi connectivity index (χ0n) is 29.2. The number of rotatable bonds is 4. The summed E-state index contributed by atoms with van der Waals surface area (Å²) in [6.07, 6.45) is 7.90. The molecule has 2 atom stereocenters. The number of phenols is 2. The lowest BCUT2D eigenvalue weighted by molar-refractivity contribution is 0.389. The van der Waals surface area contributed by atoms with Gasteiger partial charge in [0.25, 0.3) is 0 Å². The van der Waals surface area contributed by atoms with Crippen molar-refractivity contribution in [3.8, 4) is 11.5 Å². The average Bonchev–Trinajstić information content (AvgIpc) is 2.80. The summed E-state index contributed by atoms with van der Waals surface area (Å²) in [7, 11) is 0. The Labute approximate surface area is 266 Å². The highest BCUT2D eigenvalue weighted by atomic mass is 16.3. The number of aromatic hydroxyl groups is 2. The molecule has 0 saturated heterocycles. The molecule has 3 rings (SSSR count). The number of benzene rings is 2. The van der Waals surface area contributed by atoms with Gasteiger partial charge in [-0.2, -0.15) is 0 Å². The summed E-state index contributed by atoms with van der Waals surface area (Å²) in [6.45, 7) is 26.0. The van der Waals surface area contributed by atoms with E-state index < -0.39 is 0 Å². The van der Waals surface area contributed by atoms with E-state index in [1.165, 1.54) is 11.1 Å². The van der Waals surface area contributed by atoms with Gasteiger partial charge in [-0.05, 0) is 57.8 Å². The molecule has 0 bridgehead atoms. The van der Waals surface area contributed by atoms with E-state index in [0.29, 0.717) is 11.5 Å². The molecule has 0 spiro atoms. The molecule has 2 aromatic rings. The van der Waals surface area contributed by atoms with E-state index in [9.17, 15) is 10.2 Å². The molecule has 0 aliphatic heterocycles. The number of aliphatic imine (C=N–C) groups is 2. The summed E-state index contributed by atoms with van der Waals surface area (Å²) in [6, 6.07) is 8.53. The van der Waals surface area contributed by atoms with Gasteiger partial charge in [-0.15, -0.1) is 0 Å². The Kier molecular flexibility index (Phi) is 15.3. The maximum Gasteiger partial charge on any atom is 0.128 e. The molecule has 2 aromatic carbocycles. The van der Waals surface area contributed by atoms with Gasteiger partial charge in [-0.25, -0.2) is 0 Å². The third kappa shape index (κ3) is 10.4. The van der Waals surface area contributed by atoms with Crippen LogP contribution in [0.4, 0.5) is 0 Å². The predicted octanol–water partition coefficient (Wildman–Crippen LogP) is 5.84. The summed E-state index contributed by atoms with van der Waals surface area (Å²) < 4.78 is 0. The number of hydrogen-bond donors (Lipinski definition) is 2. The molecule has 44 heavy (non-hydrogen) atoms. The lowest BCUT2D eigenvalue weighted by atomic mass is 9.79. The van der Waals surface area contributed by atoms with Crippen molar-refractivity contribution in [2.24, 2.45) is 9.98 Å². The van der Waals surface area contributed by atoms with Gasteiger partial charge in [0, 0.05) is 34.7 Å². The van der Waals surface area contributed by atoms with Crippen LogP contribution in [0.1, 0.15) is 142 Å². The van der Waals surface area contributed by atoms with Crippen LogP contribution in [0.3, 0.4) is 0 Å². The van der Waals surface area contributed by atoms with E-state index in [1.807, 2.05) is 12.4 Å². The van der Waals surface area contributed by atoms with Crippen LogP contribution in [-0.4, -0.2) is 56.6 Å². The fourth-order valence-corrected chi connectivity index (χ4v) is 5.31. The summed E-state index contributed by atoms with van der Waals surface area (Å²) in [4.78, 5) is 10.1. The molecule has 10 N–H and O–H groups in total. The molecular formula is C36H62N2O6. The van der Waals surface area contributed by atoms with Crippen molar-refractivity contribution in [3.63, 3.8) is 0 Å². The fourth-order valence-electron chi connectivity index (χ4n) is 5.31. The minimum Gasteiger partial charge on any atom is -0.507 e. The smallest absolute Gasteiger partial charge is 0.128 e. The van der Waals surface area contributed by atoms with Crippen LogP contribution in [-0.2, 0) is 21.7 Å². The van der Waals surface area contributed by atoms with Crippen molar-refractivity contribution in [3.05, 3.63) is 57.6 Å². The van der Waals surface area contributed by atoms with Crippen LogP contribution < -0.4 is 0 Å². The standard InChI is InChI=1S/C36H54N2O2.4H2O/c1-33(2,3)25-17-23(31(39)27(19-25)35(7,8)9)21-37-29-15-13-14-16-30(29)38-22-24-18-26(34(4,5)6)20-28(32(24)40)36(10,11)12;;;;/h17-22,29-30,39-40H,13-16H2,1-12H3;4*1H2. The van der Waals surface area contributed by atoms with E-state index in [0.717, 1.165) is 47.9 Å². The first-order valence-corrected chi connectivity index (χ1v) is 15.0. The van der Waals surface area contributed by atoms with E-state index in [1.54, 1.807) is 0 Å². The Morgan fingerprint density at radius 1 is 0.523 bits per heavy atom. The molecule has 0 amide bonds. The third-order valence-corrected chi connectivity index (χ3v) is 8.13. The Hall–Kier alpha value is -2.78. The Morgan fingerprint density at radius 2 is 0.818 bits per heavy atom. The van der Waals surface area contributed by atoms with Crippen LogP contribution in [0.2, 0.25) is 0 Å². The van der Waals surface area contributed by atoms with Gasteiger partial charge < -0.3 is 32.1 Å². The van der Waals surface area contributed by atoms with Crippen LogP contribution in [0.5, 0.6) is 11.5 Å². The molecule has 8 heteroatoms. The summed E-state index contributed by atoms with van der Waals surface area (Å²) in [5.41, 5.74) is 5.39. The van der Waals surface area contributed by atoms with Crippen LogP contribution >= 0.6 is 0 Å². The number of phenolic OH excluding ortho intramolecular Hbond substituents is 2. The highest BCUT2D eigenvalue weighted by molar-refractivity contribution is 5.86. The van der Waals surface area contributed by atoms with E-state index in [-0.39, 0.29) is 55.6 Å². The predicted molar refractivity (Wildman–Crippen MR) is 187 cm³/mol. The first-order chi connectivity index (χ1) is 18.2. The second kappa shape index (κ2) is 15.5. The van der Waals surface area contributed by atoms with Crippen LogP contribution in [0.25, 0.3) is 0 Å². The number of hydrogen-bond acceptors (Lipinski definition) is 4. The number of nitrogens with zero attached hydrogens (tertiary/aromatic N) is 2. The normalized spacial score (nSPS) is 17.8. The van der Waals surface area contributed by atoms with Crippen LogP contribution in [0, 0.1) is 0 Å². The van der Waals surface area contributed by atoms with Crippen molar-refractivity contribution < 1.29 is 32.1 Å². The zero-order valence-corrected chi connectivity index (χ0v) is 29.2. The second-order valence-corrected chi connectivity index (χ2v) is 15.9. The summed E-state index contributed by atoms with van der Waals surface area (Å²) in [5, 5.41) is 22.5. The molecule has 1 aliphatic rings. The Bertz CT molecular complexity index is 1170. The van der Waals surface area contributed by atoms with Gasteiger partial charge >= 0.3 is 0 Å². The van der Waals surface area contributed by atoms with Gasteiger partial charge in [0.1, 0.15) is 11.5 Å². The molecule has 0 aromatic heterocycles. The van der Waals surface area contributed by atoms with E-state index >= 15 is 0 Å². The SMILES string of the molecule is CC(C)(C)c1cc(C=NC2CCCCC2N=Cc2cc(C(C)(C)C)cc(C(C)(C)C)c2O)c(O)c(C(C)(C)C)c1.O.O.O.O. The summed E-state index contributed by atoms with van der Waals surface area (Å²) in [5.74, 6) is 0.637. The maximum absolute atomic E-state index is 11.2. The van der Waals surface area contributed by atoms with Crippen molar-refractivity contribution >= 4 is 12.4 Å². The lowest BCUT2D eigenvalue weighted by Gasteiger charge is -2.28. The Balaban J connectivity index is 0. The van der Waals surface area contributed by atoms with Gasteiger partial charge in [-0.1, -0.05) is 108 Å². The average molecular weight is 619 g/mol. The molecule has 1 aliphatic carbocycles. The van der Waals surface area contributed by atoms with Crippen molar-refractivity contribution in [2.75, 3.05) is 0 Å². The minimum absolute atomic E-state index is 0. The molecule has 8 nitrogen and oxygen atoms in total. The molecule has 0 radical (unpaired) electrons. The van der Waals surface area contributed by atoms with E-state index in [2.05, 4.69) is 107 Å².